The van der Waals surface area contributed by atoms with Crippen LogP contribution >= 0.6 is 23.1 Å². The molecule has 0 saturated carbocycles. The third-order valence-corrected chi connectivity index (χ3v) is 4.65. The van der Waals surface area contributed by atoms with E-state index in [1.807, 2.05) is 6.07 Å². The van der Waals surface area contributed by atoms with Gasteiger partial charge in [-0.05, 0) is 30.3 Å². The van der Waals surface area contributed by atoms with Crippen LogP contribution in [0.15, 0.2) is 40.2 Å². The van der Waals surface area contributed by atoms with Crippen molar-refractivity contribution in [3.63, 3.8) is 0 Å². The number of hydrogen-bond acceptors (Lipinski definition) is 6. The summed E-state index contributed by atoms with van der Waals surface area (Å²) in [4.78, 5) is 13.9. The smallest absolute Gasteiger partial charge is 0.194 e. The van der Waals surface area contributed by atoms with E-state index >= 15 is 0 Å². The fourth-order valence-corrected chi connectivity index (χ4v) is 3.61. The van der Waals surface area contributed by atoms with Crippen LogP contribution in [0.25, 0.3) is 4.96 Å². The monoisotopic (exact) mass is 319 g/mol. The van der Waals surface area contributed by atoms with Crippen molar-refractivity contribution in [2.24, 2.45) is 5.92 Å². The molecule has 0 saturated heterocycles. The molecule has 3 aromatic rings. The van der Waals surface area contributed by atoms with E-state index in [4.69, 9.17) is 4.98 Å². The van der Waals surface area contributed by atoms with E-state index in [-0.39, 0.29) is 0 Å². The van der Waals surface area contributed by atoms with Gasteiger partial charge in [0.25, 0.3) is 0 Å². The SMILES string of the molecule is CC(C)CNCc1c(Sc2ccncn2)nc2sccn12. The second-order valence-corrected chi connectivity index (χ2v) is 6.98. The largest absolute Gasteiger partial charge is 0.311 e. The van der Waals surface area contributed by atoms with Gasteiger partial charge in [-0.15, -0.1) is 11.3 Å². The van der Waals surface area contributed by atoms with Crippen molar-refractivity contribution < 1.29 is 0 Å². The topological polar surface area (TPSA) is 55.1 Å². The van der Waals surface area contributed by atoms with Gasteiger partial charge in [0.2, 0.25) is 0 Å². The Kier molecular flexibility index (Phi) is 4.52. The lowest BCUT2D eigenvalue weighted by atomic mass is 10.2. The fourth-order valence-electron chi connectivity index (χ4n) is 1.97. The zero-order valence-electron chi connectivity index (χ0n) is 12.0. The van der Waals surface area contributed by atoms with E-state index in [9.17, 15) is 0 Å². The Morgan fingerprint density at radius 1 is 1.43 bits per heavy atom. The summed E-state index contributed by atoms with van der Waals surface area (Å²) in [7, 11) is 0. The number of thiazole rings is 1. The average Bonchev–Trinajstić information content (AvgIpc) is 3.02. The predicted octanol–water partition coefficient (Wildman–Crippen LogP) is 3.08. The Bertz CT molecular complexity index is 705. The van der Waals surface area contributed by atoms with Crippen molar-refractivity contribution in [1.82, 2.24) is 24.7 Å². The second-order valence-electron chi connectivity index (χ2n) is 5.09. The molecule has 21 heavy (non-hydrogen) atoms. The highest BCUT2D eigenvalue weighted by atomic mass is 32.2. The molecule has 0 bridgehead atoms. The van der Waals surface area contributed by atoms with E-state index in [2.05, 4.69) is 45.1 Å². The molecule has 0 aromatic carbocycles. The van der Waals surface area contributed by atoms with Crippen LogP contribution in [0, 0.1) is 5.92 Å². The summed E-state index contributed by atoms with van der Waals surface area (Å²) in [6.07, 6.45) is 5.39. The highest BCUT2D eigenvalue weighted by Gasteiger charge is 2.14. The van der Waals surface area contributed by atoms with Gasteiger partial charge < -0.3 is 5.32 Å². The molecule has 3 heterocycles. The van der Waals surface area contributed by atoms with E-state index in [0.717, 1.165) is 28.1 Å². The molecule has 0 spiro atoms. The van der Waals surface area contributed by atoms with Gasteiger partial charge in [0, 0.05) is 24.3 Å². The summed E-state index contributed by atoms with van der Waals surface area (Å²) in [6, 6.07) is 1.91. The number of rotatable bonds is 6. The Hall–Kier alpha value is -1.44. The van der Waals surface area contributed by atoms with Gasteiger partial charge in [-0.1, -0.05) is 13.8 Å². The third kappa shape index (κ3) is 3.42. The quantitative estimate of drug-likeness (QED) is 0.708. The first kappa shape index (κ1) is 14.5. The van der Waals surface area contributed by atoms with Crippen LogP contribution in [-0.4, -0.2) is 25.9 Å². The zero-order valence-corrected chi connectivity index (χ0v) is 13.6. The number of nitrogens with zero attached hydrogens (tertiary/aromatic N) is 4. The van der Waals surface area contributed by atoms with E-state index in [1.54, 1.807) is 35.6 Å². The van der Waals surface area contributed by atoms with Gasteiger partial charge in [0.1, 0.15) is 16.4 Å². The maximum absolute atomic E-state index is 4.71. The molecule has 0 aliphatic rings. The number of aromatic nitrogens is 4. The molecule has 1 N–H and O–H groups in total. The minimum Gasteiger partial charge on any atom is -0.311 e. The van der Waals surface area contributed by atoms with E-state index in [1.165, 1.54) is 5.69 Å². The average molecular weight is 319 g/mol. The van der Waals surface area contributed by atoms with Crippen LogP contribution in [0.1, 0.15) is 19.5 Å². The van der Waals surface area contributed by atoms with Crippen molar-refractivity contribution in [2.45, 2.75) is 30.4 Å². The molecule has 0 amide bonds. The minimum atomic E-state index is 0.633. The summed E-state index contributed by atoms with van der Waals surface area (Å²) in [5.74, 6) is 0.633. The number of nitrogens with one attached hydrogen (secondary N) is 1. The summed E-state index contributed by atoms with van der Waals surface area (Å²) < 4.78 is 2.15. The molecular formula is C14H17N5S2. The molecular weight excluding hydrogens is 302 g/mol. The summed E-state index contributed by atoms with van der Waals surface area (Å²) in [5.41, 5.74) is 1.19. The zero-order chi connectivity index (χ0) is 14.7. The second kappa shape index (κ2) is 6.55. The van der Waals surface area contributed by atoms with Crippen LogP contribution < -0.4 is 5.32 Å². The molecule has 0 unspecified atom stereocenters. The lowest BCUT2D eigenvalue weighted by molar-refractivity contribution is 0.544. The number of imidazole rings is 1. The van der Waals surface area contributed by atoms with Crippen molar-refractivity contribution >= 4 is 28.1 Å². The maximum atomic E-state index is 4.71. The molecule has 5 nitrogen and oxygen atoms in total. The van der Waals surface area contributed by atoms with Gasteiger partial charge >= 0.3 is 0 Å². The molecule has 110 valence electrons. The lowest BCUT2D eigenvalue weighted by Gasteiger charge is -2.08. The highest BCUT2D eigenvalue weighted by molar-refractivity contribution is 7.99. The van der Waals surface area contributed by atoms with Crippen LogP contribution in [-0.2, 0) is 6.54 Å². The van der Waals surface area contributed by atoms with Crippen LogP contribution in [0.5, 0.6) is 0 Å². The van der Waals surface area contributed by atoms with Crippen molar-refractivity contribution in [1.29, 1.82) is 0 Å². The third-order valence-electron chi connectivity index (χ3n) is 2.93. The van der Waals surface area contributed by atoms with Crippen LogP contribution in [0.4, 0.5) is 0 Å². The minimum absolute atomic E-state index is 0.633. The maximum Gasteiger partial charge on any atom is 0.194 e. The Labute approximate surface area is 131 Å². The van der Waals surface area contributed by atoms with Crippen LogP contribution in [0.2, 0.25) is 0 Å². The first-order valence-corrected chi connectivity index (χ1v) is 8.52. The van der Waals surface area contributed by atoms with Crippen LogP contribution in [0.3, 0.4) is 0 Å². The van der Waals surface area contributed by atoms with E-state index in [0.29, 0.717) is 5.92 Å². The molecule has 0 fully saturated rings. The molecule has 0 aliphatic heterocycles. The van der Waals surface area contributed by atoms with Crippen molar-refractivity contribution in [2.75, 3.05) is 6.54 Å². The normalized spacial score (nSPS) is 11.6. The Morgan fingerprint density at radius 2 is 2.33 bits per heavy atom. The predicted molar refractivity (Wildman–Crippen MR) is 85.8 cm³/mol. The molecule has 0 aliphatic carbocycles. The first-order chi connectivity index (χ1) is 10.2. The molecule has 3 aromatic heterocycles. The van der Waals surface area contributed by atoms with Crippen molar-refractivity contribution in [3.05, 3.63) is 35.9 Å². The molecule has 0 radical (unpaired) electrons. The van der Waals surface area contributed by atoms with Gasteiger partial charge in [-0.2, -0.15) is 0 Å². The Morgan fingerprint density at radius 3 is 3.10 bits per heavy atom. The van der Waals surface area contributed by atoms with Gasteiger partial charge in [-0.25, -0.2) is 15.0 Å². The highest BCUT2D eigenvalue weighted by Crippen LogP contribution is 2.30. The lowest BCUT2D eigenvalue weighted by Crippen LogP contribution is -2.20. The van der Waals surface area contributed by atoms with Crippen molar-refractivity contribution in [3.8, 4) is 0 Å². The molecule has 0 atom stereocenters. The first-order valence-electron chi connectivity index (χ1n) is 6.83. The summed E-state index contributed by atoms with van der Waals surface area (Å²) in [5, 5.41) is 7.48. The van der Waals surface area contributed by atoms with E-state index < -0.39 is 0 Å². The van der Waals surface area contributed by atoms with Gasteiger partial charge in [0.15, 0.2) is 4.96 Å². The molecule has 7 heteroatoms. The number of hydrogen-bond donors (Lipinski definition) is 1. The summed E-state index contributed by atoms with van der Waals surface area (Å²) >= 11 is 3.24. The standard InChI is InChI=1S/C14H17N5S2/c1-10(2)7-16-8-11-13(18-14-19(11)5-6-20-14)21-12-3-4-15-9-17-12/h3-6,9-10,16H,7-8H2,1-2H3. The Balaban J connectivity index is 1.85. The van der Waals surface area contributed by atoms with Gasteiger partial charge in [-0.3, -0.25) is 4.40 Å². The molecule has 3 rings (SSSR count). The number of fused-ring (bicyclic) bond motifs is 1. The summed E-state index contributed by atoms with van der Waals surface area (Å²) in [6.45, 7) is 6.22. The fraction of sp³-hybridized carbons (Fsp3) is 0.357. The van der Waals surface area contributed by atoms with Gasteiger partial charge in [0.05, 0.1) is 5.69 Å².